The van der Waals surface area contributed by atoms with Gasteiger partial charge in [-0.05, 0) is 31.2 Å². The molecule has 0 aliphatic rings. The Morgan fingerprint density at radius 2 is 1.97 bits per heavy atom. The molecule has 8 nitrogen and oxygen atoms in total. The van der Waals surface area contributed by atoms with Gasteiger partial charge in [-0.2, -0.15) is 0 Å². The van der Waals surface area contributed by atoms with Gasteiger partial charge in [-0.3, -0.25) is 14.2 Å². The molecule has 0 spiro atoms. The van der Waals surface area contributed by atoms with Crippen LogP contribution in [0.2, 0.25) is 0 Å². The predicted molar refractivity (Wildman–Crippen MR) is 114 cm³/mol. The fourth-order valence-electron chi connectivity index (χ4n) is 2.97. The highest BCUT2D eigenvalue weighted by Gasteiger charge is 2.17. The number of aryl methyl sites for hydroxylation is 1. The van der Waals surface area contributed by atoms with E-state index in [1.165, 1.54) is 4.57 Å². The number of thioether (sulfide) groups is 1. The largest absolute Gasteiger partial charge is 0.495 e. The van der Waals surface area contributed by atoms with Gasteiger partial charge in [0.15, 0.2) is 11.0 Å². The van der Waals surface area contributed by atoms with E-state index in [0.29, 0.717) is 39.1 Å². The Balaban J connectivity index is 1.72. The first-order valence-corrected chi connectivity index (χ1v) is 10.1. The van der Waals surface area contributed by atoms with Crippen molar-refractivity contribution >= 4 is 34.4 Å². The van der Waals surface area contributed by atoms with Gasteiger partial charge in [0, 0.05) is 6.07 Å². The van der Waals surface area contributed by atoms with Gasteiger partial charge in [0.2, 0.25) is 5.91 Å². The van der Waals surface area contributed by atoms with Crippen molar-refractivity contribution < 1.29 is 14.1 Å². The van der Waals surface area contributed by atoms with Crippen molar-refractivity contribution in [3.05, 3.63) is 70.7 Å². The van der Waals surface area contributed by atoms with Crippen LogP contribution in [0.5, 0.6) is 5.75 Å². The number of nitrogens with zero attached hydrogens (tertiary/aromatic N) is 3. The van der Waals surface area contributed by atoms with Crippen molar-refractivity contribution in [2.24, 2.45) is 0 Å². The first-order valence-electron chi connectivity index (χ1n) is 9.08. The molecule has 4 aromatic rings. The number of para-hydroxylation sites is 3. The maximum atomic E-state index is 13.3. The predicted octanol–water partition coefficient (Wildman–Crippen LogP) is 3.42. The molecule has 152 valence electrons. The van der Waals surface area contributed by atoms with E-state index in [1.807, 2.05) is 18.2 Å². The topological polar surface area (TPSA) is 99.2 Å². The summed E-state index contributed by atoms with van der Waals surface area (Å²) < 4.78 is 11.9. The molecule has 1 N–H and O–H groups in total. The molecule has 0 bridgehead atoms. The van der Waals surface area contributed by atoms with E-state index in [0.717, 1.165) is 11.8 Å². The summed E-state index contributed by atoms with van der Waals surface area (Å²) in [6, 6.07) is 15.9. The third-order valence-electron chi connectivity index (χ3n) is 4.30. The number of hydrogen-bond acceptors (Lipinski definition) is 7. The SMILES string of the molecule is COc1ccccc1-n1c(SCC(=O)Nc2cc(C)on2)nc2ccccc2c1=O. The zero-order chi connectivity index (χ0) is 21.1. The Morgan fingerprint density at radius 1 is 1.20 bits per heavy atom. The monoisotopic (exact) mass is 422 g/mol. The zero-order valence-electron chi connectivity index (χ0n) is 16.3. The van der Waals surface area contributed by atoms with Crippen molar-refractivity contribution in [3.63, 3.8) is 0 Å². The molecule has 2 aromatic carbocycles. The number of ether oxygens (including phenoxy) is 1. The molecule has 0 radical (unpaired) electrons. The number of anilines is 1. The molecule has 0 saturated carbocycles. The molecule has 0 aliphatic heterocycles. The number of methoxy groups -OCH3 is 1. The van der Waals surface area contributed by atoms with Crippen molar-refractivity contribution in [1.82, 2.24) is 14.7 Å². The lowest BCUT2D eigenvalue weighted by molar-refractivity contribution is -0.113. The first-order chi connectivity index (χ1) is 14.6. The molecule has 2 heterocycles. The van der Waals surface area contributed by atoms with Crippen molar-refractivity contribution in [1.29, 1.82) is 0 Å². The van der Waals surface area contributed by atoms with Crippen LogP contribution in [0.15, 0.2) is 69.1 Å². The summed E-state index contributed by atoms with van der Waals surface area (Å²) in [6.45, 7) is 1.74. The lowest BCUT2D eigenvalue weighted by Gasteiger charge is -2.15. The minimum Gasteiger partial charge on any atom is -0.495 e. The Kier molecular flexibility index (Phi) is 5.53. The molecular weight excluding hydrogens is 404 g/mol. The van der Waals surface area contributed by atoms with Gasteiger partial charge >= 0.3 is 0 Å². The van der Waals surface area contributed by atoms with Gasteiger partial charge in [-0.15, -0.1) is 0 Å². The molecule has 2 aromatic heterocycles. The van der Waals surface area contributed by atoms with Crippen LogP contribution < -0.4 is 15.6 Å². The third kappa shape index (κ3) is 3.92. The molecule has 0 saturated heterocycles. The van der Waals surface area contributed by atoms with Crippen LogP contribution in [-0.4, -0.2) is 33.5 Å². The normalized spacial score (nSPS) is 10.9. The van der Waals surface area contributed by atoms with E-state index < -0.39 is 0 Å². The lowest BCUT2D eigenvalue weighted by Crippen LogP contribution is -2.23. The van der Waals surface area contributed by atoms with E-state index in [1.54, 1.807) is 50.4 Å². The van der Waals surface area contributed by atoms with Crippen LogP contribution in [-0.2, 0) is 4.79 Å². The number of hydrogen-bond donors (Lipinski definition) is 1. The second kappa shape index (κ2) is 8.42. The van der Waals surface area contributed by atoms with Gasteiger partial charge in [0.05, 0.1) is 29.5 Å². The number of carbonyl (C=O) groups is 1. The first kappa shape index (κ1) is 19.7. The van der Waals surface area contributed by atoms with Crippen LogP contribution in [0.25, 0.3) is 16.6 Å². The molecule has 0 aliphatic carbocycles. The van der Waals surface area contributed by atoms with Crippen LogP contribution in [0.1, 0.15) is 5.76 Å². The van der Waals surface area contributed by atoms with E-state index in [9.17, 15) is 9.59 Å². The lowest BCUT2D eigenvalue weighted by atomic mass is 10.2. The molecular formula is C21H18N4O4S. The van der Waals surface area contributed by atoms with Crippen LogP contribution in [0.3, 0.4) is 0 Å². The molecule has 4 rings (SSSR count). The van der Waals surface area contributed by atoms with Crippen molar-refractivity contribution in [2.75, 3.05) is 18.2 Å². The fourth-order valence-corrected chi connectivity index (χ4v) is 3.78. The maximum Gasteiger partial charge on any atom is 0.266 e. The van der Waals surface area contributed by atoms with Gasteiger partial charge < -0.3 is 14.6 Å². The number of nitrogens with one attached hydrogen (secondary N) is 1. The summed E-state index contributed by atoms with van der Waals surface area (Å²) in [7, 11) is 1.54. The highest BCUT2D eigenvalue weighted by molar-refractivity contribution is 7.99. The van der Waals surface area contributed by atoms with Crippen LogP contribution in [0, 0.1) is 6.92 Å². The van der Waals surface area contributed by atoms with E-state index in [-0.39, 0.29) is 17.2 Å². The maximum absolute atomic E-state index is 13.3. The molecule has 0 fully saturated rings. The Hall–Kier alpha value is -3.59. The van der Waals surface area contributed by atoms with Gasteiger partial charge in [0.25, 0.3) is 5.56 Å². The minimum absolute atomic E-state index is 0.0336. The van der Waals surface area contributed by atoms with Gasteiger partial charge in [0.1, 0.15) is 11.5 Å². The summed E-state index contributed by atoms with van der Waals surface area (Å²) in [5.74, 6) is 1.21. The van der Waals surface area contributed by atoms with Crippen LogP contribution in [0.4, 0.5) is 5.82 Å². The molecule has 0 atom stereocenters. The van der Waals surface area contributed by atoms with Gasteiger partial charge in [-0.25, -0.2) is 4.98 Å². The summed E-state index contributed by atoms with van der Waals surface area (Å²) in [5, 5.41) is 7.28. The Labute approximate surface area is 175 Å². The average molecular weight is 422 g/mol. The summed E-state index contributed by atoms with van der Waals surface area (Å²) in [4.78, 5) is 30.3. The summed E-state index contributed by atoms with van der Waals surface area (Å²) in [6.07, 6.45) is 0. The second-order valence-corrected chi connectivity index (χ2v) is 7.33. The number of amides is 1. The van der Waals surface area contributed by atoms with E-state index in [2.05, 4.69) is 15.5 Å². The highest BCUT2D eigenvalue weighted by atomic mass is 32.2. The molecule has 1 amide bonds. The Bertz CT molecular complexity index is 1280. The number of benzene rings is 2. The number of rotatable bonds is 6. The van der Waals surface area contributed by atoms with Crippen LogP contribution >= 0.6 is 11.8 Å². The number of aromatic nitrogens is 3. The molecule has 0 unspecified atom stereocenters. The molecule has 30 heavy (non-hydrogen) atoms. The highest BCUT2D eigenvalue weighted by Crippen LogP contribution is 2.27. The van der Waals surface area contributed by atoms with Gasteiger partial charge in [-0.1, -0.05) is 41.2 Å². The quantitative estimate of drug-likeness (QED) is 0.375. The third-order valence-corrected chi connectivity index (χ3v) is 5.24. The standard InChI is InChI=1S/C21H18N4O4S/c1-13-11-18(24-29-13)23-19(26)12-30-21-22-15-8-4-3-7-14(15)20(27)25(21)16-9-5-6-10-17(16)28-2/h3-11H,12H2,1-2H3,(H,23,24,26). The number of carbonyl (C=O) groups excluding carboxylic acids is 1. The zero-order valence-corrected chi connectivity index (χ0v) is 17.1. The Morgan fingerprint density at radius 3 is 2.73 bits per heavy atom. The number of fused-ring (bicyclic) bond motifs is 1. The van der Waals surface area contributed by atoms with Crippen molar-refractivity contribution in [2.45, 2.75) is 12.1 Å². The van der Waals surface area contributed by atoms with E-state index in [4.69, 9.17) is 9.26 Å². The molecule has 9 heteroatoms. The average Bonchev–Trinajstić information content (AvgIpc) is 3.17. The minimum atomic E-state index is -0.290. The summed E-state index contributed by atoms with van der Waals surface area (Å²) in [5.41, 5.74) is 0.877. The van der Waals surface area contributed by atoms with E-state index >= 15 is 0 Å². The fraction of sp³-hybridized carbons (Fsp3) is 0.143. The smallest absolute Gasteiger partial charge is 0.266 e. The van der Waals surface area contributed by atoms with Crippen molar-refractivity contribution in [3.8, 4) is 11.4 Å². The summed E-state index contributed by atoms with van der Waals surface area (Å²) >= 11 is 1.15. The second-order valence-electron chi connectivity index (χ2n) is 6.38.